The van der Waals surface area contributed by atoms with Crippen LogP contribution < -0.4 is 5.32 Å². The standard InChI is InChI=1S/C16H27N/c1-12(2)16(11-17-13(3)4)10-15-8-6-14(5)7-9-15/h6-9,12-13,16-17H,10-11H2,1-5H3. The molecule has 0 aliphatic heterocycles. The Hall–Kier alpha value is -0.820. The first-order valence-electron chi connectivity index (χ1n) is 6.78. The van der Waals surface area contributed by atoms with Gasteiger partial charge >= 0.3 is 0 Å². The largest absolute Gasteiger partial charge is 0.314 e. The van der Waals surface area contributed by atoms with Crippen LogP contribution in [0, 0.1) is 18.8 Å². The predicted octanol–water partition coefficient (Wildman–Crippen LogP) is 3.81. The second kappa shape index (κ2) is 6.80. The first-order chi connectivity index (χ1) is 7.99. The Bertz CT molecular complexity index is 311. The molecular weight excluding hydrogens is 206 g/mol. The summed E-state index contributed by atoms with van der Waals surface area (Å²) in [7, 11) is 0. The number of hydrogen-bond acceptors (Lipinski definition) is 1. The van der Waals surface area contributed by atoms with Crippen molar-refractivity contribution in [3.05, 3.63) is 35.4 Å². The molecule has 0 fully saturated rings. The van der Waals surface area contributed by atoms with Crippen LogP contribution in [0.1, 0.15) is 38.8 Å². The minimum Gasteiger partial charge on any atom is -0.314 e. The lowest BCUT2D eigenvalue weighted by atomic mass is 9.89. The van der Waals surface area contributed by atoms with Gasteiger partial charge < -0.3 is 5.32 Å². The molecule has 96 valence electrons. The van der Waals surface area contributed by atoms with Gasteiger partial charge in [-0.05, 0) is 37.3 Å². The van der Waals surface area contributed by atoms with Crippen LogP contribution in [0.2, 0.25) is 0 Å². The second-order valence-electron chi connectivity index (χ2n) is 5.76. The molecule has 0 aliphatic rings. The summed E-state index contributed by atoms with van der Waals surface area (Å²) < 4.78 is 0. The van der Waals surface area contributed by atoms with Gasteiger partial charge in [-0.3, -0.25) is 0 Å². The van der Waals surface area contributed by atoms with E-state index in [0.717, 1.165) is 18.4 Å². The van der Waals surface area contributed by atoms with Crippen LogP contribution in [0.15, 0.2) is 24.3 Å². The van der Waals surface area contributed by atoms with Crippen molar-refractivity contribution < 1.29 is 0 Å². The monoisotopic (exact) mass is 233 g/mol. The molecule has 0 aromatic heterocycles. The Balaban J connectivity index is 2.57. The predicted molar refractivity (Wildman–Crippen MR) is 76.3 cm³/mol. The molecule has 0 amide bonds. The number of hydrogen-bond donors (Lipinski definition) is 1. The molecule has 0 heterocycles. The fourth-order valence-corrected chi connectivity index (χ4v) is 1.96. The van der Waals surface area contributed by atoms with E-state index in [9.17, 15) is 0 Å². The summed E-state index contributed by atoms with van der Waals surface area (Å²) in [5.41, 5.74) is 2.80. The normalized spacial score (nSPS) is 13.4. The molecule has 1 N–H and O–H groups in total. The van der Waals surface area contributed by atoms with Crippen molar-refractivity contribution in [1.82, 2.24) is 5.32 Å². The van der Waals surface area contributed by atoms with E-state index in [-0.39, 0.29) is 0 Å². The maximum absolute atomic E-state index is 3.56. The van der Waals surface area contributed by atoms with Crippen molar-refractivity contribution in [2.45, 2.75) is 47.1 Å². The van der Waals surface area contributed by atoms with E-state index in [2.05, 4.69) is 64.2 Å². The average molecular weight is 233 g/mol. The van der Waals surface area contributed by atoms with Gasteiger partial charge in [-0.1, -0.05) is 57.5 Å². The first kappa shape index (κ1) is 14.2. The number of nitrogens with one attached hydrogen (secondary N) is 1. The van der Waals surface area contributed by atoms with Crippen molar-refractivity contribution in [3.8, 4) is 0 Å². The van der Waals surface area contributed by atoms with Gasteiger partial charge in [0.25, 0.3) is 0 Å². The van der Waals surface area contributed by atoms with E-state index < -0.39 is 0 Å². The van der Waals surface area contributed by atoms with E-state index in [1.54, 1.807) is 0 Å². The molecule has 17 heavy (non-hydrogen) atoms. The maximum atomic E-state index is 3.56. The summed E-state index contributed by atoms with van der Waals surface area (Å²) in [5.74, 6) is 1.45. The van der Waals surface area contributed by atoms with Crippen molar-refractivity contribution in [3.63, 3.8) is 0 Å². The van der Waals surface area contributed by atoms with Gasteiger partial charge in [0.15, 0.2) is 0 Å². The van der Waals surface area contributed by atoms with Gasteiger partial charge in [-0.25, -0.2) is 0 Å². The molecule has 0 saturated heterocycles. The smallest absolute Gasteiger partial charge is 0.00104 e. The Morgan fingerprint density at radius 2 is 1.59 bits per heavy atom. The molecular formula is C16H27N. The fourth-order valence-electron chi connectivity index (χ4n) is 1.96. The van der Waals surface area contributed by atoms with E-state index in [1.807, 2.05) is 0 Å². The van der Waals surface area contributed by atoms with Crippen LogP contribution in [0.4, 0.5) is 0 Å². The molecule has 1 heteroatoms. The summed E-state index contributed by atoms with van der Waals surface area (Å²) in [4.78, 5) is 0. The molecule has 0 radical (unpaired) electrons. The van der Waals surface area contributed by atoms with Crippen molar-refractivity contribution in [1.29, 1.82) is 0 Å². The minimum absolute atomic E-state index is 0.578. The quantitative estimate of drug-likeness (QED) is 0.788. The SMILES string of the molecule is Cc1ccc(CC(CNC(C)C)C(C)C)cc1. The molecule has 0 spiro atoms. The Morgan fingerprint density at radius 1 is 1.00 bits per heavy atom. The van der Waals surface area contributed by atoms with E-state index in [0.29, 0.717) is 6.04 Å². The van der Waals surface area contributed by atoms with Gasteiger partial charge in [0, 0.05) is 6.04 Å². The third-order valence-electron chi connectivity index (χ3n) is 3.35. The van der Waals surface area contributed by atoms with Crippen LogP contribution in [0.25, 0.3) is 0 Å². The van der Waals surface area contributed by atoms with Gasteiger partial charge in [0.2, 0.25) is 0 Å². The lowest BCUT2D eigenvalue weighted by Gasteiger charge is -2.23. The van der Waals surface area contributed by atoms with Crippen molar-refractivity contribution in [2.24, 2.45) is 11.8 Å². The van der Waals surface area contributed by atoms with E-state index in [1.165, 1.54) is 17.5 Å². The molecule has 1 rings (SSSR count). The average Bonchev–Trinajstić information content (AvgIpc) is 2.26. The van der Waals surface area contributed by atoms with Crippen LogP contribution >= 0.6 is 0 Å². The Kier molecular flexibility index (Phi) is 5.70. The lowest BCUT2D eigenvalue weighted by Crippen LogP contribution is -2.32. The highest BCUT2D eigenvalue weighted by Gasteiger charge is 2.14. The van der Waals surface area contributed by atoms with Crippen molar-refractivity contribution >= 4 is 0 Å². The summed E-state index contributed by atoms with van der Waals surface area (Å²) in [6.45, 7) is 12.3. The molecule has 1 atom stereocenters. The molecule has 0 saturated carbocycles. The summed E-state index contributed by atoms with van der Waals surface area (Å²) in [5, 5.41) is 3.56. The molecule has 1 unspecified atom stereocenters. The third kappa shape index (κ3) is 5.36. The second-order valence-corrected chi connectivity index (χ2v) is 5.76. The molecule has 1 aromatic carbocycles. The highest BCUT2D eigenvalue weighted by molar-refractivity contribution is 5.21. The maximum Gasteiger partial charge on any atom is 0.00104 e. The third-order valence-corrected chi connectivity index (χ3v) is 3.35. The van der Waals surface area contributed by atoms with Gasteiger partial charge in [0.1, 0.15) is 0 Å². The van der Waals surface area contributed by atoms with Crippen LogP contribution in [-0.2, 0) is 6.42 Å². The molecule has 0 aliphatic carbocycles. The summed E-state index contributed by atoms with van der Waals surface area (Å²) in [6, 6.07) is 9.53. The van der Waals surface area contributed by atoms with Crippen LogP contribution in [0.3, 0.4) is 0 Å². The molecule has 1 nitrogen and oxygen atoms in total. The number of aryl methyl sites for hydroxylation is 1. The van der Waals surface area contributed by atoms with Gasteiger partial charge in [-0.2, -0.15) is 0 Å². The van der Waals surface area contributed by atoms with Crippen molar-refractivity contribution in [2.75, 3.05) is 6.54 Å². The van der Waals surface area contributed by atoms with Gasteiger partial charge in [-0.15, -0.1) is 0 Å². The Labute approximate surface area is 107 Å². The summed E-state index contributed by atoms with van der Waals surface area (Å²) >= 11 is 0. The zero-order valence-corrected chi connectivity index (χ0v) is 12.0. The zero-order chi connectivity index (χ0) is 12.8. The summed E-state index contributed by atoms with van der Waals surface area (Å²) in [6.07, 6.45) is 1.18. The Morgan fingerprint density at radius 3 is 2.06 bits per heavy atom. The highest BCUT2D eigenvalue weighted by atomic mass is 14.9. The number of rotatable bonds is 6. The fraction of sp³-hybridized carbons (Fsp3) is 0.625. The van der Waals surface area contributed by atoms with E-state index in [4.69, 9.17) is 0 Å². The minimum atomic E-state index is 0.578. The van der Waals surface area contributed by atoms with E-state index >= 15 is 0 Å². The zero-order valence-electron chi connectivity index (χ0n) is 12.0. The van der Waals surface area contributed by atoms with Crippen LogP contribution in [0.5, 0.6) is 0 Å². The highest BCUT2D eigenvalue weighted by Crippen LogP contribution is 2.17. The lowest BCUT2D eigenvalue weighted by molar-refractivity contribution is 0.349. The van der Waals surface area contributed by atoms with Crippen LogP contribution in [-0.4, -0.2) is 12.6 Å². The number of benzene rings is 1. The molecule has 1 aromatic rings. The topological polar surface area (TPSA) is 12.0 Å². The molecule has 0 bridgehead atoms. The van der Waals surface area contributed by atoms with Gasteiger partial charge in [0.05, 0.1) is 0 Å². The first-order valence-corrected chi connectivity index (χ1v) is 6.78.